The first-order valence-corrected chi connectivity index (χ1v) is 5.81. The van der Waals surface area contributed by atoms with E-state index in [2.05, 4.69) is 4.74 Å². The predicted octanol–water partition coefficient (Wildman–Crippen LogP) is 0.973. The number of methoxy groups -OCH3 is 3. The Morgan fingerprint density at radius 2 is 1.79 bits per heavy atom. The summed E-state index contributed by atoms with van der Waals surface area (Å²) in [5, 5.41) is 0. The van der Waals surface area contributed by atoms with Gasteiger partial charge in [-0.2, -0.15) is 0 Å². The molecule has 0 saturated heterocycles. The highest BCUT2D eigenvalue weighted by molar-refractivity contribution is 5.75. The van der Waals surface area contributed by atoms with E-state index < -0.39 is 12.0 Å². The van der Waals surface area contributed by atoms with E-state index in [4.69, 9.17) is 19.9 Å². The maximum Gasteiger partial charge on any atom is 0.322 e. The summed E-state index contributed by atoms with van der Waals surface area (Å²) in [7, 11) is 4.38. The third-order valence-electron chi connectivity index (χ3n) is 2.56. The minimum Gasteiger partial charge on any atom is -0.493 e. The number of esters is 1. The summed E-state index contributed by atoms with van der Waals surface area (Å²) in [6.45, 7) is 0.257. The van der Waals surface area contributed by atoms with Crippen LogP contribution in [0, 0.1) is 0 Å². The first-order chi connectivity index (χ1) is 9.13. The number of rotatable bonds is 7. The van der Waals surface area contributed by atoms with Crippen molar-refractivity contribution in [2.75, 3.05) is 27.9 Å². The summed E-state index contributed by atoms with van der Waals surface area (Å²) in [6.07, 6.45) is 0.341. The van der Waals surface area contributed by atoms with E-state index in [0.29, 0.717) is 23.7 Å². The Morgan fingerprint density at radius 1 is 1.21 bits per heavy atom. The normalized spacial score (nSPS) is 11.6. The van der Waals surface area contributed by atoms with Crippen LogP contribution in [0.5, 0.6) is 17.2 Å². The molecule has 0 aromatic heterocycles. The molecule has 0 amide bonds. The first kappa shape index (κ1) is 15.1. The van der Waals surface area contributed by atoms with E-state index in [1.165, 1.54) is 7.11 Å². The molecule has 1 unspecified atom stereocenters. The molecule has 0 bridgehead atoms. The van der Waals surface area contributed by atoms with Gasteiger partial charge in [0.05, 0.1) is 27.9 Å². The molecular weight excluding hydrogens is 250 g/mol. The van der Waals surface area contributed by atoms with Crippen LogP contribution in [0.25, 0.3) is 0 Å². The molecule has 6 nitrogen and oxygen atoms in total. The number of ether oxygens (including phenoxy) is 4. The lowest BCUT2D eigenvalue weighted by Gasteiger charge is -2.15. The zero-order valence-electron chi connectivity index (χ0n) is 11.3. The minimum atomic E-state index is -0.703. The Hall–Kier alpha value is -1.95. The lowest BCUT2D eigenvalue weighted by molar-refractivity contribution is -0.142. The summed E-state index contributed by atoms with van der Waals surface area (Å²) in [4.78, 5) is 11.1. The fraction of sp³-hybridized carbons (Fsp3) is 0.462. The monoisotopic (exact) mass is 269 g/mol. The molecule has 0 aliphatic carbocycles. The lowest BCUT2D eigenvalue weighted by atomic mass is 10.2. The van der Waals surface area contributed by atoms with Gasteiger partial charge in [0.1, 0.15) is 6.04 Å². The molecule has 0 radical (unpaired) electrons. The summed E-state index contributed by atoms with van der Waals surface area (Å²) in [5.74, 6) is 1.15. The smallest absolute Gasteiger partial charge is 0.322 e. The van der Waals surface area contributed by atoms with Gasteiger partial charge in [-0.25, -0.2) is 0 Å². The first-order valence-electron chi connectivity index (χ1n) is 5.81. The van der Waals surface area contributed by atoms with E-state index in [0.717, 1.165) is 0 Å². The van der Waals surface area contributed by atoms with Crippen LogP contribution < -0.4 is 19.9 Å². The Morgan fingerprint density at radius 3 is 2.26 bits per heavy atom. The molecule has 0 aliphatic rings. The number of carbonyl (C=O) groups excluding carboxylic acids is 1. The fourth-order valence-corrected chi connectivity index (χ4v) is 1.52. The number of carbonyl (C=O) groups is 1. The maximum atomic E-state index is 11.1. The number of hydrogen-bond acceptors (Lipinski definition) is 6. The molecular formula is C13H19NO5. The minimum absolute atomic E-state index is 0.257. The molecule has 0 aliphatic heterocycles. The van der Waals surface area contributed by atoms with E-state index in [9.17, 15) is 4.79 Å². The Balaban J connectivity index is 2.64. The van der Waals surface area contributed by atoms with Gasteiger partial charge in [0, 0.05) is 6.42 Å². The topological polar surface area (TPSA) is 80.0 Å². The largest absolute Gasteiger partial charge is 0.493 e. The van der Waals surface area contributed by atoms with Crippen molar-refractivity contribution in [1.29, 1.82) is 0 Å². The van der Waals surface area contributed by atoms with Gasteiger partial charge in [-0.3, -0.25) is 4.79 Å². The SMILES string of the molecule is COC(=O)C(N)CCOc1c(OC)cccc1OC. The van der Waals surface area contributed by atoms with Crippen LogP contribution in [-0.2, 0) is 9.53 Å². The number of benzene rings is 1. The Labute approximate surface area is 112 Å². The molecule has 1 rings (SSSR count). The summed E-state index contributed by atoms with van der Waals surface area (Å²) < 4.78 is 20.5. The van der Waals surface area contributed by atoms with Gasteiger partial charge in [-0.15, -0.1) is 0 Å². The second-order valence-electron chi connectivity index (χ2n) is 3.76. The molecule has 1 aromatic rings. The van der Waals surface area contributed by atoms with E-state index in [-0.39, 0.29) is 6.61 Å². The zero-order chi connectivity index (χ0) is 14.3. The standard InChI is InChI=1S/C13H19NO5/c1-16-10-5-4-6-11(17-2)12(10)19-8-7-9(14)13(15)18-3/h4-6,9H,7-8,14H2,1-3H3. The van der Waals surface area contributed by atoms with E-state index in [1.807, 2.05) is 0 Å². The van der Waals surface area contributed by atoms with Gasteiger partial charge < -0.3 is 24.7 Å². The van der Waals surface area contributed by atoms with Gasteiger partial charge in [0.15, 0.2) is 11.5 Å². The lowest BCUT2D eigenvalue weighted by Crippen LogP contribution is -2.33. The van der Waals surface area contributed by atoms with Crippen molar-refractivity contribution in [2.24, 2.45) is 5.73 Å². The quantitative estimate of drug-likeness (QED) is 0.743. The van der Waals surface area contributed by atoms with Crippen LogP contribution in [0.15, 0.2) is 18.2 Å². The van der Waals surface area contributed by atoms with Crippen molar-refractivity contribution in [1.82, 2.24) is 0 Å². The summed E-state index contributed by atoms with van der Waals surface area (Å²) in [5.41, 5.74) is 5.62. The second-order valence-corrected chi connectivity index (χ2v) is 3.76. The van der Waals surface area contributed by atoms with Crippen LogP contribution in [0.1, 0.15) is 6.42 Å². The van der Waals surface area contributed by atoms with Gasteiger partial charge in [-0.05, 0) is 12.1 Å². The Kier molecular flexibility index (Phi) is 5.95. The molecule has 2 N–H and O–H groups in total. The highest BCUT2D eigenvalue weighted by Gasteiger charge is 2.15. The third-order valence-corrected chi connectivity index (χ3v) is 2.56. The van der Waals surface area contributed by atoms with Gasteiger partial charge in [0.25, 0.3) is 0 Å². The molecule has 6 heteroatoms. The number of nitrogens with two attached hydrogens (primary N) is 1. The van der Waals surface area contributed by atoms with Crippen LogP contribution in [-0.4, -0.2) is 39.9 Å². The molecule has 1 atom stereocenters. The van der Waals surface area contributed by atoms with Crippen LogP contribution in [0.4, 0.5) is 0 Å². The highest BCUT2D eigenvalue weighted by Crippen LogP contribution is 2.36. The van der Waals surface area contributed by atoms with Crippen molar-refractivity contribution in [3.05, 3.63) is 18.2 Å². The average molecular weight is 269 g/mol. The summed E-state index contributed by atoms with van der Waals surface area (Å²) in [6, 6.07) is 4.62. The van der Waals surface area contributed by atoms with Crippen LogP contribution in [0.3, 0.4) is 0 Å². The van der Waals surface area contributed by atoms with Crippen molar-refractivity contribution in [2.45, 2.75) is 12.5 Å². The molecule has 106 valence electrons. The van der Waals surface area contributed by atoms with Gasteiger partial charge >= 0.3 is 5.97 Å². The molecule has 0 heterocycles. The van der Waals surface area contributed by atoms with Crippen molar-refractivity contribution < 1.29 is 23.7 Å². The van der Waals surface area contributed by atoms with Crippen molar-refractivity contribution in [3.8, 4) is 17.2 Å². The molecule has 0 fully saturated rings. The maximum absolute atomic E-state index is 11.1. The van der Waals surface area contributed by atoms with Gasteiger partial charge in [-0.1, -0.05) is 6.07 Å². The average Bonchev–Trinajstić information content (AvgIpc) is 2.46. The molecule has 0 spiro atoms. The molecule has 1 aromatic carbocycles. The van der Waals surface area contributed by atoms with Crippen LogP contribution in [0.2, 0.25) is 0 Å². The zero-order valence-corrected chi connectivity index (χ0v) is 11.3. The Bertz CT molecular complexity index is 399. The molecule has 19 heavy (non-hydrogen) atoms. The van der Waals surface area contributed by atoms with Gasteiger partial charge in [0.2, 0.25) is 5.75 Å². The third kappa shape index (κ3) is 4.03. The van der Waals surface area contributed by atoms with Crippen molar-refractivity contribution in [3.63, 3.8) is 0 Å². The van der Waals surface area contributed by atoms with Crippen LogP contribution >= 0.6 is 0 Å². The summed E-state index contributed by atoms with van der Waals surface area (Å²) >= 11 is 0. The predicted molar refractivity (Wildman–Crippen MR) is 69.6 cm³/mol. The highest BCUT2D eigenvalue weighted by atomic mass is 16.5. The molecule has 0 saturated carbocycles. The number of para-hydroxylation sites is 1. The second kappa shape index (κ2) is 7.48. The van der Waals surface area contributed by atoms with E-state index in [1.54, 1.807) is 32.4 Å². The van der Waals surface area contributed by atoms with E-state index >= 15 is 0 Å². The van der Waals surface area contributed by atoms with Crippen molar-refractivity contribution >= 4 is 5.97 Å². The fourth-order valence-electron chi connectivity index (χ4n) is 1.52. The number of hydrogen-bond donors (Lipinski definition) is 1.